The summed E-state index contributed by atoms with van der Waals surface area (Å²) in [6.07, 6.45) is 4.58. The summed E-state index contributed by atoms with van der Waals surface area (Å²) in [6, 6.07) is 0. The quantitative estimate of drug-likeness (QED) is 0.547. The molecule has 3 heteroatoms. The van der Waals surface area contributed by atoms with Gasteiger partial charge in [-0.05, 0) is 32.1 Å². The van der Waals surface area contributed by atoms with E-state index in [0.29, 0.717) is 13.0 Å². The second kappa shape index (κ2) is 4.78. The topological polar surface area (TPSA) is 46.5 Å². The Labute approximate surface area is 85.5 Å². The van der Waals surface area contributed by atoms with Gasteiger partial charge in [-0.3, -0.25) is 0 Å². The Morgan fingerprint density at radius 1 is 1.50 bits per heavy atom. The van der Waals surface area contributed by atoms with Gasteiger partial charge in [0.05, 0.1) is 6.61 Å². The average Bonchev–Trinajstić information content (AvgIpc) is 2.31. The Morgan fingerprint density at radius 3 is 2.86 bits per heavy atom. The van der Waals surface area contributed by atoms with Gasteiger partial charge in [-0.25, -0.2) is 4.79 Å². The lowest BCUT2D eigenvalue weighted by Gasteiger charge is -2.29. The normalized spacial score (nSPS) is 33.5. The lowest BCUT2D eigenvalue weighted by atomic mass is 9.84. The number of hydrogen-bond acceptors (Lipinski definition) is 3. The fraction of sp³-hybridized carbons (Fsp3) is 0.909. The van der Waals surface area contributed by atoms with Crippen molar-refractivity contribution in [3.05, 3.63) is 0 Å². The Morgan fingerprint density at radius 2 is 2.21 bits per heavy atom. The van der Waals surface area contributed by atoms with E-state index < -0.39 is 11.6 Å². The van der Waals surface area contributed by atoms with E-state index in [1.807, 2.05) is 6.92 Å². The lowest BCUT2D eigenvalue weighted by Crippen LogP contribution is -2.45. The molecule has 2 atom stereocenters. The highest BCUT2D eigenvalue weighted by atomic mass is 16.5. The third-order valence-electron chi connectivity index (χ3n) is 3.14. The molecule has 0 saturated heterocycles. The lowest BCUT2D eigenvalue weighted by molar-refractivity contribution is -0.171. The molecule has 14 heavy (non-hydrogen) atoms. The highest BCUT2D eigenvalue weighted by molar-refractivity contribution is 5.79. The molecule has 0 unspecified atom stereocenters. The minimum Gasteiger partial charge on any atom is -0.464 e. The summed E-state index contributed by atoms with van der Waals surface area (Å²) in [6.45, 7) is 4.04. The van der Waals surface area contributed by atoms with E-state index in [1.54, 1.807) is 6.92 Å². The molecule has 0 bridgehead atoms. The van der Waals surface area contributed by atoms with Gasteiger partial charge in [-0.2, -0.15) is 0 Å². The standard InChI is InChI=1S/C11H20O3/c1-3-14-10(12)11(13)8-6-4-5-7-9(11)2/h9,13H,3-8H2,1-2H3/t9-,11+/m1/s1. The molecule has 1 aliphatic rings. The number of ether oxygens (including phenoxy) is 1. The second-order valence-electron chi connectivity index (χ2n) is 4.15. The van der Waals surface area contributed by atoms with Gasteiger partial charge >= 0.3 is 5.97 Å². The molecule has 1 N–H and O–H groups in total. The van der Waals surface area contributed by atoms with Crippen LogP contribution in [0.2, 0.25) is 0 Å². The summed E-state index contributed by atoms with van der Waals surface area (Å²) in [5.41, 5.74) is -1.23. The predicted octanol–water partition coefficient (Wildman–Crippen LogP) is 1.88. The van der Waals surface area contributed by atoms with Crippen molar-refractivity contribution in [1.29, 1.82) is 0 Å². The van der Waals surface area contributed by atoms with E-state index in [2.05, 4.69) is 0 Å². The zero-order valence-electron chi connectivity index (χ0n) is 9.08. The molecule has 1 aliphatic carbocycles. The van der Waals surface area contributed by atoms with Crippen LogP contribution in [0.5, 0.6) is 0 Å². The molecular formula is C11H20O3. The van der Waals surface area contributed by atoms with Crippen LogP contribution in [0.4, 0.5) is 0 Å². The van der Waals surface area contributed by atoms with Gasteiger partial charge in [-0.15, -0.1) is 0 Å². The minimum atomic E-state index is -1.23. The van der Waals surface area contributed by atoms with Crippen LogP contribution in [0.3, 0.4) is 0 Å². The van der Waals surface area contributed by atoms with E-state index in [9.17, 15) is 9.90 Å². The molecule has 3 nitrogen and oxygen atoms in total. The second-order valence-corrected chi connectivity index (χ2v) is 4.15. The molecule has 1 fully saturated rings. The molecule has 0 aromatic heterocycles. The summed E-state index contributed by atoms with van der Waals surface area (Å²) in [4.78, 5) is 11.6. The monoisotopic (exact) mass is 200 g/mol. The molecular weight excluding hydrogens is 180 g/mol. The van der Waals surface area contributed by atoms with Crippen LogP contribution in [0.25, 0.3) is 0 Å². The van der Waals surface area contributed by atoms with Crippen LogP contribution in [0, 0.1) is 5.92 Å². The van der Waals surface area contributed by atoms with Crippen LogP contribution < -0.4 is 0 Å². The van der Waals surface area contributed by atoms with Gasteiger partial charge in [0.2, 0.25) is 0 Å². The first-order valence-electron chi connectivity index (χ1n) is 5.51. The molecule has 1 rings (SSSR count). The highest BCUT2D eigenvalue weighted by Gasteiger charge is 2.43. The Hall–Kier alpha value is -0.570. The molecule has 0 radical (unpaired) electrons. The van der Waals surface area contributed by atoms with Crippen molar-refractivity contribution in [2.75, 3.05) is 6.61 Å². The van der Waals surface area contributed by atoms with Crippen LogP contribution in [0.15, 0.2) is 0 Å². The maximum Gasteiger partial charge on any atom is 0.338 e. The van der Waals surface area contributed by atoms with Crippen LogP contribution in [-0.4, -0.2) is 23.3 Å². The fourth-order valence-corrected chi connectivity index (χ4v) is 2.07. The van der Waals surface area contributed by atoms with Gasteiger partial charge in [0, 0.05) is 0 Å². The molecule has 0 aliphatic heterocycles. The number of esters is 1. The summed E-state index contributed by atoms with van der Waals surface area (Å²) >= 11 is 0. The van der Waals surface area contributed by atoms with Gasteiger partial charge in [0.15, 0.2) is 5.60 Å². The third-order valence-corrected chi connectivity index (χ3v) is 3.14. The van der Waals surface area contributed by atoms with E-state index >= 15 is 0 Å². The van der Waals surface area contributed by atoms with Crippen molar-refractivity contribution in [2.45, 2.75) is 51.6 Å². The van der Waals surface area contributed by atoms with Crippen molar-refractivity contribution >= 4 is 5.97 Å². The van der Waals surface area contributed by atoms with Gasteiger partial charge in [-0.1, -0.05) is 19.8 Å². The Bertz CT molecular complexity index is 203. The van der Waals surface area contributed by atoms with E-state index in [-0.39, 0.29) is 5.92 Å². The number of rotatable bonds is 2. The first-order chi connectivity index (χ1) is 6.61. The molecule has 82 valence electrons. The molecule has 0 aromatic rings. The van der Waals surface area contributed by atoms with Crippen LogP contribution >= 0.6 is 0 Å². The summed E-state index contributed by atoms with van der Waals surface area (Å²) in [5.74, 6) is -0.418. The van der Waals surface area contributed by atoms with Crippen molar-refractivity contribution < 1.29 is 14.6 Å². The fourth-order valence-electron chi connectivity index (χ4n) is 2.07. The van der Waals surface area contributed by atoms with Gasteiger partial charge in [0.1, 0.15) is 0 Å². The van der Waals surface area contributed by atoms with Crippen molar-refractivity contribution in [3.63, 3.8) is 0 Å². The number of hydrogen-bond donors (Lipinski definition) is 1. The van der Waals surface area contributed by atoms with E-state index in [0.717, 1.165) is 25.7 Å². The van der Waals surface area contributed by atoms with Crippen molar-refractivity contribution in [3.8, 4) is 0 Å². The van der Waals surface area contributed by atoms with E-state index in [1.165, 1.54) is 0 Å². The predicted molar refractivity (Wildman–Crippen MR) is 53.8 cm³/mol. The third kappa shape index (κ3) is 2.27. The molecule has 0 aromatic carbocycles. The molecule has 0 heterocycles. The minimum absolute atomic E-state index is 0.0176. The first-order valence-corrected chi connectivity index (χ1v) is 5.51. The number of carbonyl (C=O) groups excluding carboxylic acids is 1. The van der Waals surface area contributed by atoms with Crippen LogP contribution in [0.1, 0.15) is 46.0 Å². The molecule has 0 amide bonds. The summed E-state index contributed by atoms with van der Waals surface area (Å²) in [7, 11) is 0. The van der Waals surface area contributed by atoms with Crippen molar-refractivity contribution in [2.24, 2.45) is 5.92 Å². The maximum absolute atomic E-state index is 11.6. The maximum atomic E-state index is 11.6. The van der Waals surface area contributed by atoms with E-state index in [4.69, 9.17) is 4.74 Å². The SMILES string of the molecule is CCOC(=O)[C@]1(O)CCCCC[C@H]1C. The average molecular weight is 200 g/mol. The smallest absolute Gasteiger partial charge is 0.338 e. The first kappa shape index (κ1) is 11.5. The molecule has 0 spiro atoms. The zero-order chi connectivity index (χ0) is 10.6. The Kier molecular flexibility index (Phi) is 3.93. The van der Waals surface area contributed by atoms with Crippen molar-refractivity contribution in [1.82, 2.24) is 0 Å². The largest absolute Gasteiger partial charge is 0.464 e. The van der Waals surface area contributed by atoms with Gasteiger partial charge in [0.25, 0.3) is 0 Å². The van der Waals surface area contributed by atoms with Gasteiger partial charge < -0.3 is 9.84 Å². The van der Waals surface area contributed by atoms with Crippen LogP contribution in [-0.2, 0) is 9.53 Å². The Balaban J connectivity index is 2.71. The summed E-state index contributed by atoms with van der Waals surface area (Å²) < 4.78 is 4.92. The zero-order valence-corrected chi connectivity index (χ0v) is 9.08. The number of aliphatic hydroxyl groups is 1. The number of carbonyl (C=O) groups is 1. The summed E-state index contributed by atoms with van der Waals surface area (Å²) in [5, 5.41) is 10.2. The molecule has 1 saturated carbocycles. The highest BCUT2D eigenvalue weighted by Crippen LogP contribution is 2.33.